The number of aliphatic imine (C=N–C) groups is 1. The number of hydrogen-bond donors (Lipinski definition) is 1. The van der Waals surface area contributed by atoms with E-state index in [2.05, 4.69) is 4.99 Å². The Morgan fingerprint density at radius 1 is 1.38 bits per heavy atom. The highest BCUT2D eigenvalue weighted by Gasteiger charge is 2.15. The van der Waals surface area contributed by atoms with Gasteiger partial charge >= 0.3 is 0 Å². The predicted octanol–water partition coefficient (Wildman–Crippen LogP) is 1.56. The van der Waals surface area contributed by atoms with Gasteiger partial charge in [-0.2, -0.15) is 0 Å². The lowest BCUT2D eigenvalue weighted by molar-refractivity contribution is 0.246. The second-order valence-electron chi connectivity index (χ2n) is 3.12. The van der Waals surface area contributed by atoms with Gasteiger partial charge in [0.1, 0.15) is 11.9 Å². The highest BCUT2D eigenvalue weighted by Crippen LogP contribution is 2.15. The third-order valence-electron chi connectivity index (χ3n) is 1.92. The van der Waals surface area contributed by atoms with Crippen molar-refractivity contribution in [1.29, 1.82) is 0 Å². The average molecular weight is 177 g/mol. The van der Waals surface area contributed by atoms with E-state index in [4.69, 9.17) is 9.84 Å². The highest BCUT2D eigenvalue weighted by molar-refractivity contribution is 5.95. The van der Waals surface area contributed by atoms with E-state index in [1.54, 1.807) is 24.3 Å². The van der Waals surface area contributed by atoms with Crippen LogP contribution in [-0.2, 0) is 4.74 Å². The fourth-order valence-electron chi connectivity index (χ4n) is 1.24. The van der Waals surface area contributed by atoms with Crippen molar-refractivity contribution >= 4 is 5.90 Å². The van der Waals surface area contributed by atoms with E-state index < -0.39 is 0 Å². The first-order valence-corrected chi connectivity index (χ1v) is 4.26. The van der Waals surface area contributed by atoms with Gasteiger partial charge in [0, 0.05) is 5.56 Å². The Morgan fingerprint density at radius 2 is 2.08 bits per heavy atom. The second-order valence-corrected chi connectivity index (χ2v) is 3.12. The average Bonchev–Trinajstić information content (AvgIpc) is 2.53. The summed E-state index contributed by atoms with van der Waals surface area (Å²) in [6.07, 6.45) is 0.170. The van der Waals surface area contributed by atoms with Gasteiger partial charge in [0.25, 0.3) is 0 Å². The molecule has 1 aromatic carbocycles. The maximum Gasteiger partial charge on any atom is 0.216 e. The van der Waals surface area contributed by atoms with Gasteiger partial charge in [0.15, 0.2) is 0 Å². The molecule has 3 heteroatoms. The monoisotopic (exact) mass is 177 g/mol. The van der Waals surface area contributed by atoms with E-state index >= 15 is 0 Å². The number of rotatable bonds is 1. The second kappa shape index (κ2) is 3.09. The SMILES string of the molecule is CC1CN=C(c2ccc(O)cc2)O1. The Kier molecular flexibility index (Phi) is 1.93. The molecule has 1 N–H and O–H groups in total. The molecule has 1 unspecified atom stereocenters. The van der Waals surface area contributed by atoms with Gasteiger partial charge < -0.3 is 9.84 Å². The smallest absolute Gasteiger partial charge is 0.216 e. The van der Waals surface area contributed by atoms with Crippen molar-refractivity contribution in [2.24, 2.45) is 4.99 Å². The van der Waals surface area contributed by atoms with Gasteiger partial charge in [-0.25, -0.2) is 4.99 Å². The van der Waals surface area contributed by atoms with Crippen LogP contribution < -0.4 is 0 Å². The summed E-state index contributed by atoms with van der Waals surface area (Å²) < 4.78 is 5.46. The van der Waals surface area contributed by atoms with Crippen LogP contribution in [0.3, 0.4) is 0 Å². The molecule has 0 amide bonds. The first-order chi connectivity index (χ1) is 6.25. The van der Waals surface area contributed by atoms with Crippen LogP contribution in [0.4, 0.5) is 0 Å². The van der Waals surface area contributed by atoms with E-state index in [-0.39, 0.29) is 11.9 Å². The normalized spacial score (nSPS) is 21.0. The summed E-state index contributed by atoms with van der Waals surface area (Å²) in [6, 6.07) is 6.85. The molecule has 1 atom stereocenters. The van der Waals surface area contributed by atoms with E-state index in [0.717, 1.165) is 12.1 Å². The summed E-state index contributed by atoms with van der Waals surface area (Å²) >= 11 is 0. The summed E-state index contributed by atoms with van der Waals surface area (Å²) in [4.78, 5) is 4.23. The molecular formula is C10H11NO2. The largest absolute Gasteiger partial charge is 0.508 e. The van der Waals surface area contributed by atoms with Crippen molar-refractivity contribution < 1.29 is 9.84 Å². The lowest BCUT2D eigenvalue weighted by atomic mass is 10.2. The molecule has 13 heavy (non-hydrogen) atoms. The molecule has 0 saturated carbocycles. The minimum atomic E-state index is 0.170. The molecule has 1 aliphatic rings. The fraction of sp³-hybridized carbons (Fsp3) is 0.300. The first kappa shape index (κ1) is 8.10. The van der Waals surface area contributed by atoms with Crippen LogP contribution in [0.25, 0.3) is 0 Å². The third kappa shape index (κ3) is 1.64. The van der Waals surface area contributed by atoms with Crippen LogP contribution >= 0.6 is 0 Å². The molecule has 1 aliphatic heterocycles. The maximum atomic E-state index is 9.07. The number of hydrogen-bond acceptors (Lipinski definition) is 3. The van der Waals surface area contributed by atoms with Crippen LogP contribution in [0.2, 0.25) is 0 Å². The minimum Gasteiger partial charge on any atom is -0.508 e. The van der Waals surface area contributed by atoms with Crippen molar-refractivity contribution in [3.05, 3.63) is 29.8 Å². The summed E-state index contributed by atoms with van der Waals surface area (Å²) in [5, 5.41) is 9.07. The topological polar surface area (TPSA) is 41.8 Å². The lowest BCUT2D eigenvalue weighted by Crippen LogP contribution is -2.08. The first-order valence-electron chi connectivity index (χ1n) is 4.26. The van der Waals surface area contributed by atoms with E-state index in [1.807, 2.05) is 6.92 Å². The number of aromatic hydroxyl groups is 1. The summed E-state index contributed by atoms with van der Waals surface area (Å²) in [6.45, 7) is 2.70. The van der Waals surface area contributed by atoms with Gasteiger partial charge in [0.2, 0.25) is 5.90 Å². The maximum absolute atomic E-state index is 9.07. The number of phenols is 1. The summed E-state index contributed by atoms with van der Waals surface area (Å²) in [5.41, 5.74) is 0.919. The van der Waals surface area contributed by atoms with Gasteiger partial charge in [-0.15, -0.1) is 0 Å². The van der Waals surface area contributed by atoms with Gasteiger partial charge in [-0.1, -0.05) is 0 Å². The van der Waals surface area contributed by atoms with Gasteiger partial charge in [-0.3, -0.25) is 0 Å². The molecule has 68 valence electrons. The molecule has 0 aliphatic carbocycles. The lowest BCUT2D eigenvalue weighted by Gasteiger charge is -2.04. The summed E-state index contributed by atoms with van der Waals surface area (Å²) in [5.74, 6) is 0.933. The third-order valence-corrected chi connectivity index (χ3v) is 1.92. The number of benzene rings is 1. The zero-order chi connectivity index (χ0) is 9.26. The Bertz CT molecular complexity index is 329. The van der Waals surface area contributed by atoms with Crippen LogP contribution in [0.15, 0.2) is 29.3 Å². The van der Waals surface area contributed by atoms with Crippen LogP contribution in [-0.4, -0.2) is 23.7 Å². The van der Waals surface area contributed by atoms with Crippen molar-refractivity contribution in [2.45, 2.75) is 13.0 Å². The van der Waals surface area contributed by atoms with Crippen molar-refractivity contribution in [3.8, 4) is 5.75 Å². The Labute approximate surface area is 76.7 Å². The predicted molar refractivity (Wildman–Crippen MR) is 50.1 cm³/mol. The molecular weight excluding hydrogens is 166 g/mol. The molecule has 1 aromatic rings. The van der Waals surface area contributed by atoms with Crippen molar-refractivity contribution in [3.63, 3.8) is 0 Å². The summed E-state index contributed by atoms with van der Waals surface area (Å²) in [7, 11) is 0. The molecule has 0 saturated heterocycles. The van der Waals surface area contributed by atoms with Crippen molar-refractivity contribution in [2.75, 3.05) is 6.54 Å². The van der Waals surface area contributed by atoms with E-state index in [0.29, 0.717) is 5.90 Å². The molecule has 0 spiro atoms. The number of phenolic OH excluding ortho intramolecular Hbond substituents is 1. The molecule has 0 aromatic heterocycles. The Hall–Kier alpha value is -1.51. The molecule has 2 rings (SSSR count). The molecule has 3 nitrogen and oxygen atoms in total. The quantitative estimate of drug-likeness (QED) is 0.707. The Balaban J connectivity index is 2.22. The van der Waals surface area contributed by atoms with Crippen LogP contribution in [0, 0.1) is 0 Å². The number of nitrogens with zero attached hydrogens (tertiary/aromatic N) is 1. The molecule has 0 fully saturated rings. The van der Waals surface area contributed by atoms with Crippen LogP contribution in [0.5, 0.6) is 5.75 Å². The number of ether oxygens (including phenoxy) is 1. The van der Waals surface area contributed by atoms with Gasteiger partial charge in [-0.05, 0) is 31.2 Å². The minimum absolute atomic E-state index is 0.170. The van der Waals surface area contributed by atoms with Crippen LogP contribution in [0.1, 0.15) is 12.5 Å². The fourth-order valence-corrected chi connectivity index (χ4v) is 1.24. The van der Waals surface area contributed by atoms with E-state index in [1.165, 1.54) is 0 Å². The Morgan fingerprint density at radius 3 is 2.62 bits per heavy atom. The highest BCUT2D eigenvalue weighted by atomic mass is 16.5. The van der Waals surface area contributed by atoms with E-state index in [9.17, 15) is 0 Å². The standard InChI is InChI=1S/C10H11NO2/c1-7-6-11-10(13-7)8-2-4-9(12)5-3-8/h2-5,7,12H,6H2,1H3. The molecule has 1 heterocycles. The molecule has 0 radical (unpaired) electrons. The molecule has 0 bridgehead atoms. The zero-order valence-electron chi connectivity index (χ0n) is 7.40. The zero-order valence-corrected chi connectivity index (χ0v) is 7.40. The van der Waals surface area contributed by atoms with Crippen molar-refractivity contribution in [1.82, 2.24) is 0 Å². The van der Waals surface area contributed by atoms with Gasteiger partial charge in [0.05, 0.1) is 6.54 Å².